The summed E-state index contributed by atoms with van der Waals surface area (Å²) in [5.74, 6) is -1.98. The van der Waals surface area contributed by atoms with Crippen molar-refractivity contribution in [3.05, 3.63) is 53.6 Å². The zero-order chi connectivity index (χ0) is 15.0. The van der Waals surface area contributed by atoms with Crippen LogP contribution in [0.4, 0.5) is 0 Å². The minimum Gasteiger partial charge on any atom is -0.328 e. The lowest BCUT2D eigenvalue weighted by atomic mass is 10.1. The monoisotopic (exact) mass is 285 g/mol. The number of rotatable bonds is 3. The molecule has 0 bridgehead atoms. The zero-order valence-electron chi connectivity index (χ0n) is 11.1. The zero-order valence-corrected chi connectivity index (χ0v) is 11.1. The van der Waals surface area contributed by atoms with E-state index in [-0.39, 0.29) is 17.7 Å². The number of benzene rings is 1. The Labute approximate surface area is 119 Å². The van der Waals surface area contributed by atoms with Crippen LogP contribution in [0.15, 0.2) is 36.8 Å². The van der Waals surface area contributed by atoms with Gasteiger partial charge in [0.15, 0.2) is 0 Å². The van der Waals surface area contributed by atoms with Crippen LogP contribution < -0.4 is 0 Å². The number of hydrogen-bond acceptors (Lipinski definition) is 5. The quantitative estimate of drug-likeness (QED) is 0.784. The molecule has 1 aliphatic heterocycles. The van der Waals surface area contributed by atoms with Crippen molar-refractivity contribution in [1.82, 2.24) is 14.6 Å². The average molecular weight is 285 g/mol. The van der Waals surface area contributed by atoms with E-state index < -0.39 is 17.8 Å². The number of imidazole rings is 1. The Hall–Kier alpha value is -2.96. The normalized spacial score (nSPS) is 13.5. The molecule has 1 aromatic heterocycles. The Morgan fingerprint density at radius 1 is 1.19 bits per heavy atom. The van der Waals surface area contributed by atoms with Gasteiger partial charge in [-0.25, -0.2) is 9.78 Å². The Morgan fingerprint density at radius 2 is 1.81 bits per heavy atom. The molecule has 0 radical (unpaired) electrons. The molecule has 0 saturated carbocycles. The topological polar surface area (TPSA) is 81.5 Å². The molecule has 7 nitrogen and oxygen atoms in total. The molecule has 0 aliphatic carbocycles. The highest BCUT2D eigenvalue weighted by Gasteiger charge is 2.38. The second kappa shape index (κ2) is 4.86. The van der Waals surface area contributed by atoms with E-state index in [0.29, 0.717) is 5.06 Å². The molecule has 2 heterocycles. The van der Waals surface area contributed by atoms with Gasteiger partial charge in [-0.1, -0.05) is 17.2 Å². The lowest BCUT2D eigenvalue weighted by Gasteiger charge is -2.13. The highest BCUT2D eigenvalue weighted by molar-refractivity contribution is 6.20. The largest absolute Gasteiger partial charge is 0.352 e. The molecular weight excluding hydrogens is 274 g/mol. The third kappa shape index (κ3) is 2.18. The highest BCUT2D eigenvalue weighted by atomic mass is 16.7. The first kappa shape index (κ1) is 13.0. The maximum Gasteiger partial charge on any atom is 0.352 e. The van der Waals surface area contributed by atoms with Gasteiger partial charge in [0.05, 0.1) is 17.5 Å². The van der Waals surface area contributed by atoms with Gasteiger partial charge >= 0.3 is 5.97 Å². The van der Waals surface area contributed by atoms with Crippen molar-refractivity contribution in [3.8, 4) is 0 Å². The van der Waals surface area contributed by atoms with E-state index in [1.165, 1.54) is 18.5 Å². The van der Waals surface area contributed by atoms with Gasteiger partial charge in [-0.3, -0.25) is 9.59 Å². The summed E-state index contributed by atoms with van der Waals surface area (Å²) in [6.45, 7) is 1.65. The van der Waals surface area contributed by atoms with Crippen LogP contribution in [0.3, 0.4) is 0 Å². The molecule has 0 unspecified atom stereocenters. The van der Waals surface area contributed by atoms with Gasteiger partial charge < -0.3 is 9.40 Å². The number of carbonyl (C=O) groups is 3. The van der Waals surface area contributed by atoms with Crippen molar-refractivity contribution in [2.24, 2.45) is 0 Å². The lowest BCUT2D eigenvalue weighted by Crippen LogP contribution is -2.34. The fraction of sp³-hybridized carbons (Fsp3) is 0.143. The molecule has 0 atom stereocenters. The maximum atomic E-state index is 12.0. The van der Waals surface area contributed by atoms with Crippen LogP contribution in [-0.4, -0.2) is 32.4 Å². The summed E-state index contributed by atoms with van der Waals surface area (Å²) >= 11 is 0. The van der Waals surface area contributed by atoms with Crippen molar-refractivity contribution < 1.29 is 19.2 Å². The Balaban J connectivity index is 1.75. The fourth-order valence-corrected chi connectivity index (χ4v) is 2.07. The van der Waals surface area contributed by atoms with Crippen LogP contribution in [0.1, 0.15) is 26.4 Å². The summed E-state index contributed by atoms with van der Waals surface area (Å²) in [5, 5.41) is 0.499. The summed E-state index contributed by atoms with van der Waals surface area (Å²) in [7, 11) is 0. The first-order valence-corrected chi connectivity index (χ1v) is 6.23. The first-order chi connectivity index (χ1) is 10.1. The SMILES string of the molecule is Cc1cncn1CC(=O)ON1C(=O)c2ccccc2C1=O. The lowest BCUT2D eigenvalue weighted by molar-refractivity contribution is -0.169. The van der Waals surface area contributed by atoms with Crippen LogP contribution >= 0.6 is 0 Å². The van der Waals surface area contributed by atoms with Crippen LogP contribution in [0.2, 0.25) is 0 Å². The number of aromatic nitrogens is 2. The van der Waals surface area contributed by atoms with Crippen LogP contribution in [-0.2, 0) is 16.2 Å². The number of hydroxylamine groups is 2. The number of hydrogen-bond donors (Lipinski definition) is 0. The molecule has 0 saturated heterocycles. The minimum atomic E-state index is -0.717. The number of fused-ring (bicyclic) bond motifs is 1. The molecule has 2 amide bonds. The summed E-state index contributed by atoms with van der Waals surface area (Å²) in [6, 6.07) is 6.32. The number of carbonyl (C=O) groups excluding carboxylic acids is 3. The third-order valence-electron chi connectivity index (χ3n) is 3.17. The highest BCUT2D eigenvalue weighted by Crippen LogP contribution is 2.22. The Bertz CT molecular complexity index is 715. The smallest absolute Gasteiger partial charge is 0.328 e. The molecule has 21 heavy (non-hydrogen) atoms. The molecule has 1 aliphatic rings. The molecule has 0 fully saturated rings. The van der Waals surface area contributed by atoms with E-state index in [1.807, 2.05) is 0 Å². The fourth-order valence-electron chi connectivity index (χ4n) is 2.07. The third-order valence-corrected chi connectivity index (χ3v) is 3.17. The van der Waals surface area contributed by atoms with Gasteiger partial charge in [0.1, 0.15) is 6.54 Å². The van der Waals surface area contributed by atoms with Crippen molar-refractivity contribution >= 4 is 17.8 Å². The van der Waals surface area contributed by atoms with Crippen molar-refractivity contribution in [3.63, 3.8) is 0 Å². The van der Waals surface area contributed by atoms with E-state index in [9.17, 15) is 14.4 Å². The minimum absolute atomic E-state index is 0.126. The molecule has 3 rings (SSSR count). The number of aryl methyl sites for hydroxylation is 1. The number of imide groups is 1. The van der Waals surface area contributed by atoms with Gasteiger partial charge in [-0.05, 0) is 19.1 Å². The molecule has 7 heteroatoms. The van der Waals surface area contributed by atoms with Crippen molar-refractivity contribution in [2.45, 2.75) is 13.5 Å². The van der Waals surface area contributed by atoms with Gasteiger partial charge in [-0.15, -0.1) is 0 Å². The van der Waals surface area contributed by atoms with Gasteiger partial charge in [0, 0.05) is 11.9 Å². The van der Waals surface area contributed by atoms with E-state index in [2.05, 4.69) is 4.98 Å². The summed E-state index contributed by atoms with van der Waals surface area (Å²) in [6.07, 6.45) is 3.06. The summed E-state index contributed by atoms with van der Waals surface area (Å²) < 4.78 is 1.56. The second-order valence-electron chi connectivity index (χ2n) is 4.58. The predicted molar refractivity (Wildman–Crippen MR) is 70.0 cm³/mol. The van der Waals surface area contributed by atoms with Crippen LogP contribution in [0.5, 0.6) is 0 Å². The molecule has 0 N–H and O–H groups in total. The molecule has 2 aromatic rings. The van der Waals surface area contributed by atoms with E-state index in [4.69, 9.17) is 4.84 Å². The first-order valence-electron chi connectivity index (χ1n) is 6.23. The van der Waals surface area contributed by atoms with Crippen molar-refractivity contribution in [1.29, 1.82) is 0 Å². The predicted octanol–water partition coefficient (Wildman–Crippen LogP) is 0.946. The van der Waals surface area contributed by atoms with Crippen LogP contribution in [0, 0.1) is 6.92 Å². The summed E-state index contributed by atoms with van der Waals surface area (Å²) in [5.41, 5.74) is 1.23. The number of nitrogens with zero attached hydrogens (tertiary/aromatic N) is 3. The van der Waals surface area contributed by atoms with E-state index in [0.717, 1.165) is 5.69 Å². The van der Waals surface area contributed by atoms with E-state index in [1.54, 1.807) is 29.8 Å². The Kier molecular flexibility index (Phi) is 3.02. The Morgan fingerprint density at radius 3 is 2.33 bits per heavy atom. The van der Waals surface area contributed by atoms with Crippen molar-refractivity contribution in [2.75, 3.05) is 0 Å². The van der Waals surface area contributed by atoms with Gasteiger partial charge in [0.25, 0.3) is 11.8 Å². The molecular formula is C14H11N3O4. The molecule has 1 aromatic carbocycles. The average Bonchev–Trinajstić information content (AvgIpc) is 2.97. The number of amides is 2. The molecule has 0 spiro atoms. The second-order valence-corrected chi connectivity index (χ2v) is 4.58. The maximum absolute atomic E-state index is 12.0. The standard InChI is InChI=1S/C14H11N3O4/c1-9-6-15-8-16(9)7-12(18)21-17-13(19)10-4-2-3-5-11(10)14(17)20/h2-6,8H,7H2,1H3. The van der Waals surface area contributed by atoms with Gasteiger partial charge in [0.2, 0.25) is 0 Å². The summed E-state index contributed by atoms with van der Waals surface area (Å²) in [4.78, 5) is 44.7. The van der Waals surface area contributed by atoms with Crippen LogP contribution in [0.25, 0.3) is 0 Å². The molecule has 106 valence electrons. The van der Waals surface area contributed by atoms with Gasteiger partial charge in [-0.2, -0.15) is 0 Å². The van der Waals surface area contributed by atoms with E-state index >= 15 is 0 Å².